The number of aryl methyl sites for hydroxylation is 2. The summed E-state index contributed by atoms with van der Waals surface area (Å²) < 4.78 is 2.05. The number of hydrogen-bond acceptors (Lipinski definition) is 3. The zero-order chi connectivity index (χ0) is 15.0. The van der Waals surface area contributed by atoms with Crippen LogP contribution in [0.2, 0.25) is 0 Å². The molecule has 2 N–H and O–H groups in total. The lowest BCUT2D eigenvalue weighted by Crippen LogP contribution is -2.30. The molecule has 1 aromatic carbocycles. The van der Waals surface area contributed by atoms with Crippen molar-refractivity contribution in [1.82, 2.24) is 15.1 Å². The normalized spacial score (nSPS) is 16.5. The molecule has 0 aliphatic carbocycles. The van der Waals surface area contributed by atoms with Crippen LogP contribution in [-0.2, 0) is 6.54 Å². The highest BCUT2D eigenvalue weighted by Crippen LogP contribution is 2.26. The fourth-order valence-electron chi connectivity index (χ4n) is 3.29. The van der Waals surface area contributed by atoms with Crippen LogP contribution in [-0.4, -0.2) is 33.9 Å². The molecule has 1 aliphatic rings. The SMILES string of the molecule is Cc1c(C(=O)O)ccc2nn(CC3CCNCC3)c(C)c12. The van der Waals surface area contributed by atoms with Gasteiger partial charge in [-0.2, -0.15) is 5.10 Å². The molecule has 3 rings (SSSR count). The number of rotatable bonds is 3. The average molecular weight is 287 g/mol. The molecule has 0 atom stereocenters. The van der Waals surface area contributed by atoms with Crippen molar-refractivity contribution in [2.75, 3.05) is 13.1 Å². The molecular formula is C16H21N3O2. The maximum absolute atomic E-state index is 11.3. The van der Waals surface area contributed by atoms with Crippen molar-refractivity contribution < 1.29 is 9.90 Å². The van der Waals surface area contributed by atoms with Crippen molar-refractivity contribution in [3.05, 3.63) is 29.0 Å². The zero-order valence-corrected chi connectivity index (χ0v) is 12.5. The van der Waals surface area contributed by atoms with Crippen molar-refractivity contribution >= 4 is 16.9 Å². The molecule has 2 heterocycles. The van der Waals surface area contributed by atoms with Gasteiger partial charge >= 0.3 is 5.97 Å². The number of hydrogen-bond donors (Lipinski definition) is 2. The highest BCUT2D eigenvalue weighted by atomic mass is 16.4. The third-order valence-electron chi connectivity index (χ3n) is 4.54. The van der Waals surface area contributed by atoms with Crippen molar-refractivity contribution in [3.63, 3.8) is 0 Å². The molecule has 2 aromatic rings. The molecule has 0 amide bonds. The standard InChI is InChI=1S/C16H21N3O2/c1-10-13(16(20)21)3-4-14-15(10)11(2)19(18-14)9-12-5-7-17-8-6-12/h3-4,12,17H,5-9H2,1-2H3,(H,20,21). The molecule has 0 unspecified atom stereocenters. The zero-order valence-electron chi connectivity index (χ0n) is 12.5. The van der Waals surface area contributed by atoms with Gasteiger partial charge in [0.05, 0.1) is 11.1 Å². The van der Waals surface area contributed by atoms with E-state index in [0.717, 1.165) is 41.8 Å². The van der Waals surface area contributed by atoms with Gasteiger partial charge in [-0.25, -0.2) is 4.79 Å². The smallest absolute Gasteiger partial charge is 0.335 e. The first kappa shape index (κ1) is 14.1. The maximum Gasteiger partial charge on any atom is 0.335 e. The number of nitrogens with one attached hydrogen (secondary N) is 1. The summed E-state index contributed by atoms with van der Waals surface area (Å²) in [4.78, 5) is 11.3. The van der Waals surface area contributed by atoms with E-state index in [2.05, 4.69) is 15.1 Å². The number of carbonyl (C=O) groups is 1. The van der Waals surface area contributed by atoms with E-state index in [4.69, 9.17) is 0 Å². The Bertz CT molecular complexity index is 684. The minimum absolute atomic E-state index is 0.368. The molecule has 0 bridgehead atoms. The van der Waals surface area contributed by atoms with E-state index in [1.165, 1.54) is 12.8 Å². The minimum Gasteiger partial charge on any atom is -0.478 e. The van der Waals surface area contributed by atoms with Gasteiger partial charge in [0, 0.05) is 17.6 Å². The van der Waals surface area contributed by atoms with Gasteiger partial charge < -0.3 is 10.4 Å². The first-order valence-electron chi connectivity index (χ1n) is 7.48. The van der Waals surface area contributed by atoms with Crippen molar-refractivity contribution in [1.29, 1.82) is 0 Å². The second-order valence-corrected chi connectivity index (χ2v) is 5.90. The topological polar surface area (TPSA) is 67.1 Å². The Morgan fingerprint density at radius 1 is 1.38 bits per heavy atom. The van der Waals surface area contributed by atoms with Gasteiger partial charge in [-0.1, -0.05) is 0 Å². The number of nitrogens with zero attached hydrogens (tertiary/aromatic N) is 2. The van der Waals surface area contributed by atoms with E-state index in [0.29, 0.717) is 11.5 Å². The second-order valence-electron chi connectivity index (χ2n) is 5.90. The van der Waals surface area contributed by atoms with Gasteiger partial charge in [0.15, 0.2) is 0 Å². The van der Waals surface area contributed by atoms with E-state index in [-0.39, 0.29) is 0 Å². The van der Waals surface area contributed by atoms with Crippen LogP contribution in [0.4, 0.5) is 0 Å². The van der Waals surface area contributed by atoms with Crippen LogP contribution in [0.3, 0.4) is 0 Å². The molecule has 5 heteroatoms. The van der Waals surface area contributed by atoms with Crippen molar-refractivity contribution in [3.8, 4) is 0 Å². The second kappa shape index (κ2) is 5.48. The number of carboxylic acids is 1. The third-order valence-corrected chi connectivity index (χ3v) is 4.54. The number of benzene rings is 1. The van der Waals surface area contributed by atoms with E-state index in [1.807, 2.05) is 19.9 Å². The Balaban J connectivity index is 1.99. The number of aromatic nitrogens is 2. The van der Waals surface area contributed by atoms with Gasteiger partial charge in [-0.15, -0.1) is 0 Å². The fourth-order valence-corrected chi connectivity index (χ4v) is 3.29. The monoisotopic (exact) mass is 287 g/mol. The van der Waals surface area contributed by atoms with E-state index in [1.54, 1.807) is 6.07 Å². The summed E-state index contributed by atoms with van der Waals surface area (Å²) in [5.74, 6) is -0.224. The van der Waals surface area contributed by atoms with Crippen LogP contribution in [0.1, 0.15) is 34.5 Å². The summed E-state index contributed by atoms with van der Waals surface area (Å²) in [6, 6.07) is 3.47. The van der Waals surface area contributed by atoms with Crippen molar-refractivity contribution in [2.24, 2.45) is 5.92 Å². The largest absolute Gasteiger partial charge is 0.478 e. The molecule has 1 aromatic heterocycles. The lowest BCUT2D eigenvalue weighted by Gasteiger charge is -2.22. The highest BCUT2D eigenvalue weighted by Gasteiger charge is 2.19. The molecule has 0 radical (unpaired) electrons. The Hall–Kier alpha value is -1.88. The summed E-state index contributed by atoms with van der Waals surface area (Å²) in [5, 5.41) is 18.3. The maximum atomic E-state index is 11.3. The molecule has 5 nitrogen and oxygen atoms in total. The first-order valence-corrected chi connectivity index (χ1v) is 7.48. The minimum atomic E-state index is -0.875. The first-order chi connectivity index (χ1) is 10.1. The van der Waals surface area contributed by atoms with Crippen LogP contribution in [0, 0.1) is 19.8 Å². The lowest BCUT2D eigenvalue weighted by atomic mass is 9.98. The molecule has 0 saturated carbocycles. The van der Waals surface area contributed by atoms with Gasteiger partial charge in [-0.3, -0.25) is 4.68 Å². The Kier molecular flexibility index (Phi) is 3.68. The Morgan fingerprint density at radius 3 is 2.76 bits per heavy atom. The Morgan fingerprint density at radius 2 is 2.10 bits per heavy atom. The molecule has 1 fully saturated rings. The van der Waals surface area contributed by atoms with Gasteiger partial charge in [-0.05, 0) is 63.4 Å². The quantitative estimate of drug-likeness (QED) is 0.909. The van der Waals surface area contributed by atoms with Crippen LogP contribution >= 0.6 is 0 Å². The summed E-state index contributed by atoms with van der Waals surface area (Å²) in [7, 11) is 0. The fraction of sp³-hybridized carbons (Fsp3) is 0.500. The summed E-state index contributed by atoms with van der Waals surface area (Å²) in [6.45, 7) is 6.98. The van der Waals surface area contributed by atoms with Crippen LogP contribution in [0.25, 0.3) is 10.9 Å². The Labute approximate surface area is 124 Å². The number of fused-ring (bicyclic) bond motifs is 1. The highest BCUT2D eigenvalue weighted by molar-refractivity contribution is 5.97. The van der Waals surface area contributed by atoms with Gasteiger partial charge in [0.1, 0.15) is 0 Å². The number of aromatic carboxylic acids is 1. The summed E-state index contributed by atoms with van der Waals surface area (Å²) >= 11 is 0. The van der Waals surface area contributed by atoms with Gasteiger partial charge in [0.2, 0.25) is 0 Å². The van der Waals surface area contributed by atoms with Crippen LogP contribution in [0.15, 0.2) is 12.1 Å². The number of carboxylic acid groups (broad SMARTS) is 1. The number of piperidine rings is 1. The predicted molar refractivity (Wildman–Crippen MR) is 81.8 cm³/mol. The average Bonchev–Trinajstić information content (AvgIpc) is 2.77. The molecule has 21 heavy (non-hydrogen) atoms. The molecular weight excluding hydrogens is 266 g/mol. The predicted octanol–water partition coefficient (Wildman–Crippen LogP) is 2.35. The van der Waals surface area contributed by atoms with E-state index in [9.17, 15) is 9.90 Å². The van der Waals surface area contributed by atoms with E-state index >= 15 is 0 Å². The summed E-state index contributed by atoms with van der Waals surface area (Å²) in [6.07, 6.45) is 2.35. The van der Waals surface area contributed by atoms with Crippen LogP contribution in [0.5, 0.6) is 0 Å². The third kappa shape index (κ3) is 2.53. The molecule has 1 aliphatic heterocycles. The molecule has 112 valence electrons. The van der Waals surface area contributed by atoms with Crippen LogP contribution < -0.4 is 5.32 Å². The lowest BCUT2D eigenvalue weighted by molar-refractivity contribution is 0.0696. The molecule has 1 saturated heterocycles. The summed E-state index contributed by atoms with van der Waals surface area (Å²) in [5.41, 5.74) is 3.15. The van der Waals surface area contributed by atoms with E-state index < -0.39 is 5.97 Å². The van der Waals surface area contributed by atoms with Gasteiger partial charge in [0.25, 0.3) is 0 Å². The van der Waals surface area contributed by atoms with Crippen molar-refractivity contribution in [2.45, 2.75) is 33.2 Å². The molecule has 0 spiro atoms.